The molecule has 0 amide bonds. The van der Waals surface area contributed by atoms with Crippen molar-refractivity contribution in [2.24, 2.45) is 0 Å². The fourth-order valence-electron chi connectivity index (χ4n) is 4.21. The third-order valence-electron chi connectivity index (χ3n) is 6.00. The summed E-state index contributed by atoms with van der Waals surface area (Å²) in [6, 6.07) is 8.41. The molecule has 4 aromatic heterocycles. The molecule has 6 nitrogen and oxygen atoms in total. The van der Waals surface area contributed by atoms with Gasteiger partial charge in [-0.2, -0.15) is 0 Å². The fourth-order valence-corrected chi connectivity index (χ4v) is 4.21. The molecule has 30 heavy (non-hydrogen) atoms. The Morgan fingerprint density at radius 1 is 1.03 bits per heavy atom. The Hall–Kier alpha value is -3.38. The molecule has 0 atom stereocenters. The van der Waals surface area contributed by atoms with E-state index in [-0.39, 0.29) is 0 Å². The summed E-state index contributed by atoms with van der Waals surface area (Å²) in [5.74, 6) is 0. The molecule has 0 spiro atoms. The summed E-state index contributed by atoms with van der Waals surface area (Å²) < 4.78 is 8.03. The number of aromatic amines is 2. The van der Waals surface area contributed by atoms with Crippen molar-refractivity contribution in [3.05, 3.63) is 71.6 Å². The Kier molecular flexibility index (Phi) is 4.64. The van der Waals surface area contributed by atoms with Gasteiger partial charge in [-0.05, 0) is 55.7 Å². The summed E-state index contributed by atoms with van der Waals surface area (Å²) >= 11 is 0. The van der Waals surface area contributed by atoms with Gasteiger partial charge in [0.25, 0.3) is 0 Å². The fraction of sp³-hybridized carbons (Fsp3) is 0.250. The van der Waals surface area contributed by atoms with Crippen molar-refractivity contribution in [3.8, 4) is 11.3 Å². The van der Waals surface area contributed by atoms with Crippen LogP contribution in [0.15, 0.2) is 49.2 Å². The maximum atomic E-state index is 6.00. The van der Waals surface area contributed by atoms with Crippen LogP contribution in [-0.4, -0.2) is 31.1 Å². The van der Waals surface area contributed by atoms with Gasteiger partial charge in [-0.25, -0.2) is 9.97 Å². The van der Waals surface area contributed by atoms with E-state index in [0.29, 0.717) is 13.3 Å². The molecule has 0 fully saturated rings. The quantitative estimate of drug-likeness (QED) is 0.393. The number of fused-ring (bicyclic) bond motifs is 2. The minimum atomic E-state index is 0.463. The van der Waals surface area contributed by atoms with Crippen molar-refractivity contribution in [2.75, 3.05) is 6.61 Å². The van der Waals surface area contributed by atoms with Crippen LogP contribution in [-0.2, 0) is 17.9 Å². The van der Waals surface area contributed by atoms with Crippen LogP contribution in [0.1, 0.15) is 22.4 Å². The molecular weight excluding hydrogens is 374 g/mol. The minimum absolute atomic E-state index is 0.463. The summed E-state index contributed by atoms with van der Waals surface area (Å²) in [6.45, 7) is 7.65. The number of nitrogens with one attached hydrogen (secondary N) is 2. The first kappa shape index (κ1) is 18.6. The molecule has 4 heterocycles. The van der Waals surface area contributed by atoms with Gasteiger partial charge < -0.3 is 19.3 Å². The van der Waals surface area contributed by atoms with Crippen LogP contribution in [0.5, 0.6) is 0 Å². The largest absolute Gasteiger partial charge is 0.367 e. The zero-order valence-electron chi connectivity index (χ0n) is 17.5. The monoisotopic (exact) mass is 399 g/mol. The van der Waals surface area contributed by atoms with Gasteiger partial charge >= 0.3 is 0 Å². The van der Waals surface area contributed by atoms with Crippen molar-refractivity contribution in [1.82, 2.24) is 24.5 Å². The zero-order valence-corrected chi connectivity index (χ0v) is 17.5. The Morgan fingerprint density at radius 2 is 1.93 bits per heavy atom. The van der Waals surface area contributed by atoms with E-state index in [1.165, 1.54) is 33.3 Å². The van der Waals surface area contributed by atoms with Crippen molar-refractivity contribution >= 4 is 21.9 Å². The maximum Gasteiger partial charge on any atom is 0.145 e. The Labute approximate surface area is 174 Å². The summed E-state index contributed by atoms with van der Waals surface area (Å²) in [4.78, 5) is 15.6. The zero-order chi connectivity index (χ0) is 20.7. The average Bonchev–Trinajstić information content (AvgIpc) is 3.48. The van der Waals surface area contributed by atoms with E-state index in [9.17, 15) is 0 Å². The smallest absolute Gasteiger partial charge is 0.145 e. The summed E-state index contributed by atoms with van der Waals surface area (Å²) in [5, 5.41) is 2.37. The normalized spacial score (nSPS) is 11.7. The topological polar surface area (TPSA) is 71.5 Å². The van der Waals surface area contributed by atoms with E-state index in [1.807, 2.05) is 35.3 Å². The number of hydrogen-bond acceptors (Lipinski definition) is 3. The highest BCUT2D eigenvalue weighted by Gasteiger charge is 2.12. The van der Waals surface area contributed by atoms with Crippen molar-refractivity contribution in [3.63, 3.8) is 0 Å². The number of hydrogen-bond donors (Lipinski definition) is 2. The lowest BCUT2D eigenvalue weighted by Crippen LogP contribution is -2.06. The molecule has 0 aliphatic carbocycles. The lowest BCUT2D eigenvalue weighted by molar-refractivity contribution is 0.0815. The van der Waals surface area contributed by atoms with E-state index in [2.05, 4.69) is 52.8 Å². The van der Waals surface area contributed by atoms with Gasteiger partial charge in [0.05, 0.1) is 12.3 Å². The Balaban J connectivity index is 1.30. The average molecular weight is 399 g/mol. The number of rotatable bonds is 6. The highest BCUT2D eigenvalue weighted by atomic mass is 16.5. The molecule has 0 radical (unpaired) electrons. The first-order chi connectivity index (χ1) is 14.6. The lowest BCUT2D eigenvalue weighted by Gasteiger charge is -2.07. The predicted octanol–water partition coefficient (Wildman–Crippen LogP) is 5.05. The molecule has 5 aromatic rings. The van der Waals surface area contributed by atoms with Crippen LogP contribution < -0.4 is 0 Å². The first-order valence-electron chi connectivity index (χ1n) is 10.2. The highest BCUT2D eigenvalue weighted by Crippen LogP contribution is 2.28. The molecular formula is C24H25N5O. The van der Waals surface area contributed by atoms with Crippen molar-refractivity contribution < 1.29 is 4.74 Å². The van der Waals surface area contributed by atoms with Gasteiger partial charge in [0, 0.05) is 52.6 Å². The van der Waals surface area contributed by atoms with Crippen LogP contribution in [0.3, 0.4) is 0 Å². The van der Waals surface area contributed by atoms with Crippen LogP contribution in [0, 0.1) is 20.8 Å². The second-order valence-electron chi connectivity index (χ2n) is 7.79. The van der Waals surface area contributed by atoms with Crippen molar-refractivity contribution in [2.45, 2.75) is 33.9 Å². The number of nitrogens with zero attached hydrogens (tertiary/aromatic N) is 3. The number of H-pyrrole nitrogens is 2. The molecule has 5 rings (SSSR count). The van der Waals surface area contributed by atoms with Gasteiger partial charge in [-0.1, -0.05) is 6.07 Å². The van der Waals surface area contributed by atoms with E-state index in [1.54, 1.807) is 6.33 Å². The van der Waals surface area contributed by atoms with Crippen LogP contribution in [0.2, 0.25) is 0 Å². The van der Waals surface area contributed by atoms with E-state index in [4.69, 9.17) is 4.74 Å². The highest BCUT2D eigenvalue weighted by molar-refractivity contribution is 5.90. The molecule has 0 aliphatic heterocycles. The second kappa shape index (κ2) is 7.46. The van der Waals surface area contributed by atoms with Gasteiger partial charge in [0.15, 0.2) is 0 Å². The van der Waals surface area contributed by atoms with Crippen LogP contribution in [0.4, 0.5) is 0 Å². The molecule has 0 bridgehead atoms. The maximum absolute atomic E-state index is 6.00. The number of aryl methyl sites for hydroxylation is 3. The molecule has 0 saturated carbocycles. The number of aromatic nitrogens is 5. The molecule has 152 valence electrons. The first-order valence-corrected chi connectivity index (χ1v) is 10.2. The summed E-state index contributed by atoms with van der Waals surface area (Å²) in [5.41, 5.74) is 9.32. The van der Waals surface area contributed by atoms with Crippen LogP contribution in [0.25, 0.3) is 33.2 Å². The Bertz CT molecular complexity index is 1330. The summed E-state index contributed by atoms with van der Waals surface area (Å²) in [7, 11) is 0. The predicted molar refractivity (Wildman–Crippen MR) is 119 cm³/mol. The van der Waals surface area contributed by atoms with Gasteiger partial charge in [-0.15, -0.1) is 0 Å². The molecule has 0 saturated heterocycles. The van der Waals surface area contributed by atoms with Gasteiger partial charge in [0.1, 0.15) is 18.7 Å². The van der Waals surface area contributed by atoms with E-state index >= 15 is 0 Å². The van der Waals surface area contributed by atoms with E-state index < -0.39 is 0 Å². The third kappa shape index (κ3) is 3.09. The second-order valence-corrected chi connectivity index (χ2v) is 7.79. The number of ether oxygens (including phenoxy) is 1. The molecule has 6 heteroatoms. The third-order valence-corrected chi connectivity index (χ3v) is 6.00. The van der Waals surface area contributed by atoms with E-state index in [0.717, 1.165) is 28.7 Å². The molecule has 0 unspecified atom stereocenters. The summed E-state index contributed by atoms with van der Waals surface area (Å²) in [6.07, 6.45) is 8.32. The van der Waals surface area contributed by atoms with Crippen LogP contribution >= 0.6 is 0 Å². The SMILES string of the molecule is Cc1ccc2[nH]c(CCOCn3ccc4c(-c5cc[nH]c5)ncnc43)c(C)c2c1C. The van der Waals surface area contributed by atoms with Crippen molar-refractivity contribution in [1.29, 1.82) is 0 Å². The van der Waals surface area contributed by atoms with Gasteiger partial charge in [0.2, 0.25) is 0 Å². The molecule has 2 N–H and O–H groups in total. The molecule has 1 aromatic carbocycles. The minimum Gasteiger partial charge on any atom is -0.367 e. The van der Waals surface area contributed by atoms with Gasteiger partial charge in [-0.3, -0.25) is 0 Å². The standard InChI is InChI=1S/C24H25N5O/c1-15-4-5-21-22(16(15)2)17(3)20(28-21)8-11-30-14-29-10-7-19-23(18-6-9-25-12-18)26-13-27-24(19)29/h4-7,9-10,12-13,25,28H,8,11,14H2,1-3H3. The Morgan fingerprint density at radius 3 is 2.77 bits per heavy atom. The lowest BCUT2D eigenvalue weighted by atomic mass is 10.0. The number of benzene rings is 1. The molecule has 0 aliphatic rings.